The third-order valence-electron chi connectivity index (χ3n) is 2.16. The lowest BCUT2D eigenvalue weighted by molar-refractivity contribution is -0.120. The van der Waals surface area contributed by atoms with Crippen molar-refractivity contribution < 1.29 is 4.79 Å². The maximum absolute atomic E-state index is 11.1. The zero-order valence-electron chi connectivity index (χ0n) is 9.92. The van der Waals surface area contributed by atoms with Gasteiger partial charge in [-0.2, -0.15) is 0 Å². The van der Waals surface area contributed by atoms with Gasteiger partial charge in [0.25, 0.3) is 0 Å². The zero-order valence-corrected chi connectivity index (χ0v) is 9.92. The van der Waals surface area contributed by atoms with Crippen LogP contribution in [0.2, 0.25) is 0 Å². The van der Waals surface area contributed by atoms with Crippen LogP contribution in [0.15, 0.2) is 18.5 Å². The molecule has 0 unspecified atom stereocenters. The summed E-state index contributed by atoms with van der Waals surface area (Å²) in [7, 11) is 0. The summed E-state index contributed by atoms with van der Waals surface area (Å²) in [5.74, 6) is 0.0948. The molecule has 0 saturated carbocycles. The van der Waals surface area contributed by atoms with Crippen molar-refractivity contribution >= 4 is 5.91 Å². The molecule has 4 heteroatoms. The van der Waals surface area contributed by atoms with Crippen molar-refractivity contribution in [3.63, 3.8) is 0 Å². The number of aryl methyl sites for hydroxylation is 1. The molecule has 0 saturated heterocycles. The van der Waals surface area contributed by atoms with Crippen LogP contribution >= 0.6 is 0 Å². The van der Waals surface area contributed by atoms with E-state index in [1.165, 1.54) is 0 Å². The molecule has 4 nitrogen and oxygen atoms in total. The molecule has 0 aromatic carbocycles. The second-order valence-electron chi connectivity index (χ2n) is 3.75. The van der Waals surface area contributed by atoms with Crippen molar-refractivity contribution in [2.45, 2.75) is 26.8 Å². The molecule has 1 amide bonds. The molecule has 1 rings (SSSR count). The number of pyridine rings is 1. The maximum atomic E-state index is 11.1. The number of amides is 1. The van der Waals surface area contributed by atoms with Gasteiger partial charge in [0.15, 0.2) is 0 Å². The quantitative estimate of drug-likeness (QED) is 0.705. The molecule has 0 aliphatic heterocycles. The first kappa shape index (κ1) is 12.6. The lowest BCUT2D eigenvalue weighted by Crippen LogP contribution is -2.27. The Labute approximate surface area is 96.5 Å². The van der Waals surface area contributed by atoms with Gasteiger partial charge in [0.05, 0.1) is 0 Å². The molecule has 1 heterocycles. The van der Waals surface area contributed by atoms with Crippen molar-refractivity contribution in [3.8, 4) is 0 Å². The van der Waals surface area contributed by atoms with Crippen molar-refractivity contribution in [1.29, 1.82) is 0 Å². The number of rotatable bonds is 6. The minimum atomic E-state index is 0.0948. The second kappa shape index (κ2) is 6.95. The van der Waals surface area contributed by atoms with Crippen LogP contribution in [0, 0.1) is 6.92 Å². The average Bonchev–Trinajstić information content (AvgIpc) is 2.25. The van der Waals surface area contributed by atoms with E-state index in [1.807, 2.05) is 26.2 Å². The number of hydrogen-bond donors (Lipinski definition) is 2. The number of carbonyl (C=O) groups is 1. The van der Waals surface area contributed by atoms with Gasteiger partial charge in [-0.15, -0.1) is 0 Å². The van der Waals surface area contributed by atoms with Crippen molar-refractivity contribution in [3.05, 3.63) is 29.6 Å². The molecule has 0 fully saturated rings. The van der Waals surface area contributed by atoms with Crippen LogP contribution < -0.4 is 10.6 Å². The number of carbonyl (C=O) groups excluding carboxylic acids is 1. The normalized spacial score (nSPS) is 10.1. The number of nitrogens with one attached hydrogen (secondary N) is 2. The maximum Gasteiger partial charge on any atom is 0.221 e. The summed E-state index contributed by atoms with van der Waals surface area (Å²) in [4.78, 5) is 15.3. The number of aromatic nitrogens is 1. The van der Waals surface area contributed by atoms with E-state index in [-0.39, 0.29) is 5.91 Å². The summed E-state index contributed by atoms with van der Waals surface area (Å²) in [6.45, 7) is 6.09. The van der Waals surface area contributed by atoms with Gasteiger partial charge in [0.2, 0.25) is 5.91 Å². The molecular formula is C12H19N3O. The molecule has 88 valence electrons. The summed E-state index contributed by atoms with van der Waals surface area (Å²) >= 11 is 0. The lowest BCUT2D eigenvalue weighted by Gasteiger charge is -2.05. The van der Waals surface area contributed by atoms with Gasteiger partial charge in [0.1, 0.15) is 0 Å². The Hall–Kier alpha value is -1.42. The Kier molecular flexibility index (Phi) is 5.50. The lowest BCUT2D eigenvalue weighted by atomic mass is 10.2. The third kappa shape index (κ3) is 4.89. The largest absolute Gasteiger partial charge is 0.356 e. The molecule has 1 aromatic heterocycles. The zero-order chi connectivity index (χ0) is 11.8. The minimum Gasteiger partial charge on any atom is -0.356 e. The highest BCUT2D eigenvalue weighted by Crippen LogP contribution is 2.00. The predicted octanol–water partition coefficient (Wildman–Crippen LogP) is 1.01. The molecule has 0 atom stereocenters. The summed E-state index contributed by atoms with van der Waals surface area (Å²) in [6.07, 6.45) is 4.19. The van der Waals surface area contributed by atoms with E-state index in [0.29, 0.717) is 19.5 Å². The summed E-state index contributed by atoms with van der Waals surface area (Å²) in [5, 5.41) is 5.98. The SMILES string of the molecule is CCNC(=O)CCNCc1cncc(C)c1. The van der Waals surface area contributed by atoms with Gasteiger partial charge in [-0.05, 0) is 25.0 Å². The fourth-order valence-corrected chi connectivity index (χ4v) is 1.43. The van der Waals surface area contributed by atoms with E-state index in [0.717, 1.165) is 17.7 Å². The van der Waals surface area contributed by atoms with Crippen LogP contribution in [0.25, 0.3) is 0 Å². The van der Waals surface area contributed by atoms with Crippen LogP contribution in [0.1, 0.15) is 24.5 Å². The van der Waals surface area contributed by atoms with E-state index in [2.05, 4.69) is 21.7 Å². The summed E-state index contributed by atoms with van der Waals surface area (Å²) < 4.78 is 0. The van der Waals surface area contributed by atoms with Gasteiger partial charge in [-0.25, -0.2) is 0 Å². The molecule has 0 radical (unpaired) electrons. The van der Waals surface area contributed by atoms with E-state index < -0.39 is 0 Å². The van der Waals surface area contributed by atoms with Gasteiger partial charge in [-0.3, -0.25) is 9.78 Å². The molecule has 0 aliphatic rings. The first-order chi connectivity index (χ1) is 7.72. The van der Waals surface area contributed by atoms with Crippen LogP contribution in [-0.4, -0.2) is 24.0 Å². The molecule has 0 bridgehead atoms. The average molecular weight is 221 g/mol. The Balaban J connectivity index is 2.18. The minimum absolute atomic E-state index is 0.0948. The Morgan fingerprint density at radius 2 is 2.25 bits per heavy atom. The van der Waals surface area contributed by atoms with Crippen molar-refractivity contribution in [2.75, 3.05) is 13.1 Å². The Morgan fingerprint density at radius 1 is 1.44 bits per heavy atom. The molecule has 0 aliphatic carbocycles. The van der Waals surface area contributed by atoms with Crippen LogP contribution in [0.5, 0.6) is 0 Å². The summed E-state index contributed by atoms with van der Waals surface area (Å²) in [5.41, 5.74) is 2.30. The van der Waals surface area contributed by atoms with Crippen LogP contribution in [0.4, 0.5) is 0 Å². The van der Waals surface area contributed by atoms with E-state index >= 15 is 0 Å². The highest BCUT2D eigenvalue weighted by Gasteiger charge is 1.98. The van der Waals surface area contributed by atoms with Gasteiger partial charge in [-0.1, -0.05) is 6.07 Å². The molecule has 2 N–H and O–H groups in total. The van der Waals surface area contributed by atoms with Gasteiger partial charge < -0.3 is 10.6 Å². The first-order valence-corrected chi connectivity index (χ1v) is 5.60. The third-order valence-corrected chi connectivity index (χ3v) is 2.16. The fourth-order valence-electron chi connectivity index (χ4n) is 1.43. The second-order valence-corrected chi connectivity index (χ2v) is 3.75. The smallest absolute Gasteiger partial charge is 0.221 e. The molecule has 0 spiro atoms. The van der Waals surface area contributed by atoms with Crippen LogP contribution in [0.3, 0.4) is 0 Å². The summed E-state index contributed by atoms with van der Waals surface area (Å²) in [6, 6.07) is 2.09. The number of hydrogen-bond acceptors (Lipinski definition) is 3. The highest BCUT2D eigenvalue weighted by atomic mass is 16.1. The van der Waals surface area contributed by atoms with Crippen LogP contribution in [-0.2, 0) is 11.3 Å². The van der Waals surface area contributed by atoms with E-state index in [9.17, 15) is 4.79 Å². The van der Waals surface area contributed by atoms with Gasteiger partial charge >= 0.3 is 0 Å². The van der Waals surface area contributed by atoms with E-state index in [4.69, 9.17) is 0 Å². The van der Waals surface area contributed by atoms with Crippen molar-refractivity contribution in [2.24, 2.45) is 0 Å². The molecule has 16 heavy (non-hydrogen) atoms. The predicted molar refractivity (Wildman–Crippen MR) is 64.0 cm³/mol. The topological polar surface area (TPSA) is 54.0 Å². The monoisotopic (exact) mass is 221 g/mol. The Morgan fingerprint density at radius 3 is 2.94 bits per heavy atom. The number of nitrogens with zero attached hydrogens (tertiary/aromatic N) is 1. The fraction of sp³-hybridized carbons (Fsp3) is 0.500. The Bertz CT molecular complexity index is 339. The first-order valence-electron chi connectivity index (χ1n) is 5.60. The molecular weight excluding hydrogens is 202 g/mol. The standard InChI is InChI=1S/C12H19N3O/c1-3-15-12(16)4-5-13-8-11-6-10(2)7-14-9-11/h6-7,9,13H,3-5,8H2,1-2H3,(H,15,16). The highest BCUT2D eigenvalue weighted by molar-refractivity contribution is 5.75. The van der Waals surface area contributed by atoms with E-state index in [1.54, 1.807) is 0 Å². The van der Waals surface area contributed by atoms with Crippen molar-refractivity contribution in [1.82, 2.24) is 15.6 Å². The van der Waals surface area contributed by atoms with Gasteiger partial charge in [0, 0.05) is 38.4 Å². The molecule has 1 aromatic rings.